The van der Waals surface area contributed by atoms with E-state index in [4.69, 9.17) is 0 Å². The van der Waals surface area contributed by atoms with Gasteiger partial charge < -0.3 is 0 Å². The number of nitrogens with zero attached hydrogens (tertiary/aromatic N) is 1. The summed E-state index contributed by atoms with van der Waals surface area (Å²) in [7, 11) is 0. The third kappa shape index (κ3) is 3.99. The van der Waals surface area contributed by atoms with Crippen LogP contribution in [0.25, 0.3) is 22.4 Å². The second-order valence-electron chi connectivity index (χ2n) is 7.50. The fraction of sp³-hybridized carbons (Fsp3) is 0.292. The van der Waals surface area contributed by atoms with E-state index >= 15 is 0 Å². The molecule has 0 fully saturated rings. The van der Waals surface area contributed by atoms with Crippen LogP contribution in [0.2, 0.25) is 0 Å². The van der Waals surface area contributed by atoms with Crippen molar-refractivity contribution in [1.29, 1.82) is 0 Å². The Kier molecular flexibility index (Phi) is 5.03. The van der Waals surface area contributed by atoms with Crippen LogP contribution >= 0.6 is 0 Å². The van der Waals surface area contributed by atoms with Crippen LogP contribution in [0, 0.1) is 6.92 Å². The van der Waals surface area contributed by atoms with Crippen LogP contribution in [0.5, 0.6) is 0 Å². The molecular formula is C24H27N. The Balaban J connectivity index is 2.15. The quantitative estimate of drug-likeness (QED) is 0.503. The van der Waals surface area contributed by atoms with E-state index in [0.29, 0.717) is 11.8 Å². The van der Waals surface area contributed by atoms with Crippen molar-refractivity contribution in [2.75, 3.05) is 0 Å². The Labute approximate surface area is 151 Å². The monoisotopic (exact) mass is 329 g/mol. The molecule has 1 heteroatoms. The molecule has 0 amide bonds. The third-order valence-electron chi connectivity index (χ3n) is 4.68. The smallest absolute Gasteiger partial charge is 0.0702 e. The lowest BCUT2D eigenvalue weighted by Gasteiger charge is -2.15. The van der Waals surface area contributed by atoms with Crippen molar-refractivity contribution in [3.8, 4) is 22.4 Å². The molecule has 0 radical (unpaired) electrons. The highest BCUT2D eigenvalue weighted by molar-refractivity contribution is 5.73. The van der Waals surface area contributed by atoms with Crippen molar-refractivity contribution < 1.29 is 0 Å². The summed E-state index contributed by atoms with van der Waals surface area (Å²) in [5.41, 5.74) is 8.84. The van der Waals surface area contributed by atoms with E-state index in [1.165, 1.54) is 33.4 Å². The van der Waals surface area contributed by atoms with Gasteiger partial charge in [0.25, 0.3) is 0 Å². The largest absolute Gasteiger partial charge is 0.256 e. The van der Waals surface area contributed by atoms with Gasteiger partial charge in [0.15, 0.2) is 0 Å². The maximum Gasteiger partial charge on any atom is 0.0702 e. The predicted octanol–water partition coefficient (Wildman–Crippen LogP) is 6.97. The number of hydrogen-bond donors (Lipinski definition) is 0. The van der Waals surface area contributed by atoms with Gasteiger partial charge in [0.1, 0.15) is 0 Å². The van der Waals surface area contributed by atoms with Crippen molar-refractivity contribution in [3.05, 3.63) is 77.5 Å². The van der Waals surface area contributed by atoms with E-state index in [1.54, 1.807) is 0 Å². The second-order valence-corrected chi connectivity index (χ2v) is 7.50. The lowest BCUT2D eigenvalue weighted by Crippen LogP contribution is -1.95. The molecule has 0 aliphatic heterocycles. The van der Waals surface area contributed by atoms with Crippen molar-refractivity contribution in [2.45, 2.75) is 46.5 Å². The first-order valence-corrected chi connectivity index (χ1v) is 9.12. The molecule has 0 aliphatic carbocycles. The third-order valence-corrected chi connectivity index (χ3v) is 4.68. The molecule has 128 valence electrons. The maximum atomic E-state index is 4.52. The Hall–Kier alpha value is -2.41. The molecule has 0 bridgehead atoms. The molecule has 2 aromatic carbocycles. The predicted molar refractivity (Wildman–Crippen MR) is 108 cm³/mol. The Morgan fingerprint density at radius 2 is 1.28 bits per heavy atom. The molecule has 25 heavy (non-hydrogen) atoms. The highest BCUT2D eigenvalue weighted by atomic mass is 14.7. The molecule has 0 saturated carbocycles. The molecule has 3 rings (SSSR count). The summed E-state index contributed by atoms with van der Waals surface area (Å²) in [5.74, 6) is 1.05. The summed E-state index contributed by atoms with van der Waals surface area (Å²) in [5, 5.41) is 0. The van der Waals surface area contributed by atoms with Gasteiger partial charge in [0.2, 0.25) is 0 Å². The Morgan fingerprint density at radius 3 is 1.84 bits per heavy atom. The normalized spacial score (nSPS) is 11.3. The van der Waals surface area contributed by atoms with Gasteiger partial charge in [0.05, 0.1) is 5.69 Å². The SMILES string of the molecule is Cc1cc(-c2cc(C(C)C)cc(C(C)C)c2)cc(-c2ccccn2)c1. The molecule has 1 aromatic heterocycles. The molecule has 1 heterocycles. The minimum absolute atomic E-state index is 0.525. The summed E-state index contributed by atoms with van der Waals surface area (Å²) in [4.78, 5) is 4.52. The minimum Gasteiger partial charge on any atom is -0.256 e. The van der Waals surface area contributed by atoms with E-state index in [-0.39, 0.29) is 0 Å². The second kappa shape index (κ2) is 7.23. The average molecular weight is 329 g/mol. The van der Waals surface area contributed by atoms with Crippen molar-refractivity contribution in [2.24, 2.45) is 0 Å². The van der Waals surface area contributed by atoms with E-state index < -0.39 is 0 Å². The number of aryl methyl sites for hydroxylation is 1. The van der Waals surface area contributed by atoms with Gasteiger partial charge in [-0.2, -0.15) is 0 Å². The van der Waals surface area contributed by atoms with E-state index in [9.17, 15) is 0 Å². The summed E-state index contributed by atoms with van der Waals surface area (Å²) in [6, 6.07) is 19.9. The van der Waals surface area contributed by atoms with E-state index in [0.717, 1.165) is 5.69 Å². The molecule has 3 aromatic rings. The van der Waals surface area contributed by atoms with Gasteiger partial charge in [-0.25, -0.2) is 0 Å². The summed E-state index contributed by atoms with van der Waals surface area (Å²) in [6.45, 7) is 11.2. The fourth-order valence-corrected chi connectivity index (χ4v) is 3.14. The van der Waals surface area contributed by atoms with Gasteiger partial charge in [0, 0.05) is 11.8 Å². The highest BCUT2D eigenvalue weighted by Crippen LogP contribution is 2.32. The molecule has 0 unspecified atom stereocenters. The van der Waals surface area contributed by atoms with E-state index in [2.05, 4.69) is 82.1 Å². The number of rotatable bonds is 4. The first-order chi connectivity index (χ1) is 11.9. The van der Waals surface area contributed by atoms with E-state index in [1.807, 2.05) is 18.3 Å². The molecular weight excluding hydrogens is 302 g/mol. The van der Waals surface area contributed by atoms with Gasteiger partial charge in [-0.15, -0.1) is 0 Å². The van der Waals surface area contributed by atoms with Gasteiger partial charge in [-0.1, -0.05) is 58.0 Å². The van der Waals surface area contributed by atoms with Crippen LogP contribution in [-0.2, 0) is 0 Å². The van der Waals surface area contributed by atoms with Gasteiger partial charge in [-0.3, -0.25) is 4.98 Å². The summed E-state index contributed by atoms with van der Waals surface area (Å²) < 4.78 is 0. The lowest BCUT2D eigenvalue weighted by atomic mass is 9.90. The lowest BCUT2D eigenvalue weighted by molar-refractivity contribution is 0.834. The van der Waals surface area contributed by atoms with Crippen molar-refractivity contribution in [1.82, 2.24) is 4.98 Å². The van der Waals surface area contributed by atoms with Gasteiger partial charge >= 0.3 is 0 Å². The number of benzene rings is 2. The number of aromatic nitrogens is 1. The van der Waals surface area contributed by atoms with Crippen LogP contribution in [-0.4, -0.2) is 4.98 Å². The molecule has 0 atom stereocenters. The van der Waals surface area contributed by atoms with Crippen molar-refractivity contribution >= 4 is 0 Å². The highest BCUT2D eigenvalue weighted by Gasteiger charge is 2.10. The topological polar surface area (TPSA) is 12.9 Å². The first kappa shape index (κ1) is 17.4. The first-order valence-electron chi connectivity index (χ1n) is 9.12. The van der Waals surface area contributed by atoms with Crippen LogP contribution in [0.15, 0.2) is 60.8 Å². The zero-order valence-corrected chi connectivity index (χ0v) is 15.9. The Morgan fingerprint density at radius 1 is 0.680 bits per heavy atom. The Bertz CT molecular complexity index is 834. The number of pyridine rings is 1. The van der Waals surface area contributed by atoms with Crippen LogP contribution in [0.4, 0.5) is 0 Å². The zero-order valence-electron chi connectivity index (χ0n) is 15.9. The standard InChI is InChI=1S/C24H27N/c1-16(2)19-12-20(17(3)4)14-22(13-19)21-10-18(5)11-23(15-21)24-8-6-7-9-25-24/h6-17H,1-5H3. The zero-order chi connectivity index (χ0) is 18.0. The van der Waals surface area contributed by atoms with Gasteiger partial charge in [-0.05, 0) is 70.8 Å². The van der Waals surface area contributed by atoms with Crippen molar-refractivity contribution in [3.63, 3.8) is 0 Å². The maximum absolute atomic E-state index is 4.52. The molecule has 0 aliphatic rings. The molecule has 0 N–H and O–H groups in total. The van der Waals surface area contributed by atoms with Crippen LogP contribution < -0.4 is 0 Å². The molecule has 0 spiro atoms. The number of hydrogen-bond acceptors (Lipinski definition) is 1. The minimum atomic E-state index is 0.525. The molecule has 0 saturated heterocycles. The average Bonchev–Trinajstić information content (AvgIpc) is 2.61. The molecule has 1 nitrogen and oxygen atoms in total. The van der Waals surface area contributed by atoms with Crippen LogP contribution in [0.1, 0.15) is 56.2 Å². The summed E-state index contributed by atoms with van der Waals surface area (Å²) >= 11 is 0. The fourth-order valence-electron chi connectivity index (χ4n) is 3.14. The van der Waals surface area contributed by atoms with Crippen LogP contribution in [0.3, 0.4) is 0 Å². The summed E-state index contributed by atoms with van der Waals surface area (Å²) in [6.07, 6.45) is 1.85.